The SMILES string of the molecule is COc1ccc(NC(=O)Nc2ccc(-c3cc4ccccc4[nH]3)cc2)c(OC)c1. The van der Waals surface area contributed by atoms with Gasteiger partial charge < -0.3 is 25.1 Å². The molecule has 0 atom stereocenters. The molecule has 0 unspecified atom stereocenters. The zero-order chi connectivity index (χ0) is 20.2. The quantitative estimate of drug-likeness (QED) is 0.423. The van der Waals surface area contributed by atoms with E-state index in [2.05, 4.69) is 27.8 Å². The predicted octanol–water partition coefficient (Wildman–Crippen LogP) is 5.50. The molecule has 3 aromatic carbocycles. The van der Waals surface area contributed by atoms with Crippen LogP contribution in [0, 0.1) is 0 Å². The molecule has 0 fully saturated rings. The zero-order valence-electron chi connectivity index (χ0n) is 16.2. The first-order chi connectivity index (χ1) is 14.2. The lowest BCUT2D eigenvalue weighted by atomic mass is 10.1. The van der Waals surface area contributed by atoms with Gasteiger partial charge in [0, 0.05) is 28.4 Å². The van der Waals surface area contributed by atoms with Crippen molar-refractivity contribution in [2.75, 3.05) is 24.9 Å². The van der Waals surface area contributed by atoms with E-state index in [1.54, 1.807) is 32.4 Å². The number of H-pyrrole nitrogens is 1. The highest BCUT2D eigenvalue weighted by molar-refractivity contribution is 6.01. The van der Waals surface area contributed by atoms with Gasteiger partial charge in [0.05, 0.1) is 19.9 Å². The number of aromatic nitrogens is 1. The largest absolute Gasteiger partial charge is 0.497 e. The Morgan fingerprint density at radius 2 is 1.66 bits per heavy atom. The van der Waals surface area contributed by atoms with Crippen molar-refractivity contribution >= 4 is 28.3 Å². The van der Waals surface area contributed by atoms with Crippen LogP contribution in [0.4, 0.5) is 16.2 Å². The van der Waals surface area contributed by atoms with Gasteiger partial charge in [0.15, 0.2) is 0 Å². The van der Waals surface area contributed by atoms with Crippen molar-refractivity contribution < 1.29 is 14.3 Å². The molecule has 6 heteroatoms. The van der Waals surface area contributed by atoms with E-state index >= 15 is 0 Å². The number of benzene rings is 3. The Kier molecular flexibility index (Phi) is 5.07. The molecule has 3 N–H and O–H groups in total. The van der Waals surface area contributed by atoms with Gasteiger partial charge in [-0.15, -0.1) is 0 Å². The maximum Gasteiger partial charge on any atom is 0.323 e. The van der Waals surface area contributed by atoms with E-state index in [0.717, 1.165) is 22.2 Å². The average molecular weight is 387 g/mol. The number of para-hydroxylation sites is 1. The van der Waals surface area contributed by atoms with Crippen molar-refractivity contribution in [3.63, 3.8) is 0 Å². The van der Waals surface area contributed by atoms with Crippen LogP contribution in [-0.4, -0.2) is 25.2 Å². The summed E-state index contributed by atoms with van der Waals surface area (Å²) in [5, 5.41) is 6.78. The standard InChI is InChI=1S/C23H21N3O3/c1-28-18-11-12-20(22(14-18)29-2)26-23(27)24-17-9-7-15(8-10-17)21-13-16-5-3-4-6-19(16)25-21/h3-14,25H,1-2H3,(H2,24,26,27). The van der Waals surface area contributed by atoms with Crippen LogP contribution in [0.3, 0.4) is 0 Å². The topological polar surface area (TPSA) is 75.4 Å². The smallest absolute Gasteiger partial charge is 0.323 e. The van der Waals surface area contributed by atoms with E-state index in [-0.39, 0.29) is 6.03 Å². The number of hydrogen-bond donors (Lipinski definition) is 3. The van der Waals surface area contributed by atoms with Crippen LogP contribution in [0.5, 0.6) is 11.5 Å². The minimum atomic E-state index is -0.355. The maximum atomic E-state index is 12.4. The van der Waals surface area contributed by atoms with E-state index < -0.39 is 0 Å². The van der Waals surface area contributed by atoms with Crippen LogP contribution in [-0.2, 0) is 0 Å². The Labute approximate surface area is 168 Å². The molecule has 0 spiro atoms. The summed E-state index contributed by atoms with van der Waals surface area (Å²) in [6.45, 7) is 0. The van der Waals surface area contributed by atoms with Crippen LogP contribution >= 0.6 is 0 Å². The molecule has 0 bridgehead atoms. The fourth-order valence-electron chi connectivity index (χ4n) is 3.15. The minimum absolute atomic E-state index is 0.355. The Morgan fingerprint density at radius 1 is 0.862 bits per heavy atom. The number of aromatic amines is 1. The van der Waals surface area contributed by atoms with Gasteiger partial charge >= 0.3 is 6.03 Å². The molecule has 6 nitrogen and oxygen atoms in total. The van der Waals surface area contributed by atoms with E-state index in [9.17, 15) is 4.79 Å². The van der Waals surface area contributed by atoms with Gasteiger partial charge in [0.25, 0.3) is 0 Å². The molecular formula is C23H21N3O3. The van der Waals surface area contributed by atoms with Crippen LogP contribution < -0.4 is 20.1 Å². The second-order valence-electron chi connectivity index (χ2n) is 6.49. The summed E-state index contributed by atoms with van der Waals surface area (Å²) in [5.74, 6) is 1.18. The number of ether oxygens (including phenoxy) is 2. The van der Waals surface area contributed by atoms with Gasteiger partial charge in [-0.3, -0.25) is 0 Å². The van der Waals surface area contributed by atoms with E-state index in [4.69, 9.17) is 9.47 Å². The molecule has 0 aliphatic heterocycles. The van der Waals surface area contributed by atoms with Gasteiger partial charge in [-0.1, -0.05) is 30.3 Å². The Hall–Kier alpha value is -3.93. The Morgan fingerprint density at radius 3 is 2.38 bits per heavy atom. The van der Waals surface area contributed by atoms with E-state index in [0.29, 0.717) is 22.9 Å². The molecular weight excluding hydrogens is 366 g/mol. The molecule has 1 aromatic heterocycles. The van der Waals surface area contributed by atoms with Crippen molar-refractivity contribution in [3.8, 4) is 22.8 Å². The molecule has 4 rings (SSSR count). The molecule has 0 saturated heterocycles. The highest BCUT2D eigenvalue weighted by Gasteiger charge is 2.09. The van der Waals surface area contributed by atoms with Crippen LogP contribution in [0.25, 0.3) is 22.2 Å². The molecule has 0 saturated carbocycles. The molecule has 0 radical (unpaired) electrons. The molecule has 29 heavy (non-hydrogen) atoms. The van der Waals surface area contributed by atoms with Crippen LogP contribution in [0.15, 0.2) is 72.8 Å². The van der Waals surface area contributed by atoms with Gasteiger partial charge in [-0.2, -0.15) is 0 Å². The minimum Gasteiger partial charge on any atom is -0.497 e. The lowest BCUT2D eigenvalue weighted by molar-refractivity contribution is 0.262. The number of carbonyl (C=O) groups is 1. The summed E-state index contributed by atoms with van der Waals surface area (Å²) in [4.78, 5) is 15.8. The molecule has 146 valence electrons. The highest BCUT2D eigenvalue weighted by atomic mass is 16.5. The fraction of sp³-hybridized carbons (Fsp3) is 0.0870. The summed E-state index contributed by atoms with van der Waals surface area (Å²) in [5.41, 5.74) is 4.42. The number of methoxy groups -OCH3 is 2. The first kappa shape index (κ1) is 18.4. The normalized spacial score (nSPS) is 10.6. The summed E-state index contributed by atoms with van der Waals surface area (Å²) in [7, 11) is 3.12. The van der Waals surface area contributed by atoms with Crippen LogP contribution in [0.1, 0.15) is 0 Å². The van der Waals surface area contributed by atoms with Gasteiger partial charge in [0.2, 0.25) is 0 Å². The van der Waals surface area contributed by atoms with Gasteiger partial charge in [-0.05, 0) is 42.0 Å². The number of fused-ring (bicyclic) bond motifs is 1. The second kappa shape index (κ2) is 7.98. The number of amides is 2. The van der Waals surface area contributed by atoms with Gasteiger partial charge in [0.1, 0.15) is 11.5 Å². The number of nitrogens with one attached hydrogen (secondary N) is 3. The molecule has 0 aliphatic rings. The Balaban J connectivity index is 1.45. The number of hydrogen-bond acceptors (Lipinski definition) is 3. The fourth-order valence-corrected chi connectivity index (χ4v) is 3.15. The van der Waals surface area contributed by atoms with E-state index in [1.807, 2.05) is 42.5 Å². The average Bonchev–Trinajstić information content (AvgIpc) is 3.18. The third kappa shape index (κ3) is 4.01. The van der Waals surface area contributed by atoms with Crippen molar-refractivity contribution in [1.82, 2.24) is 4.98 Å². The highest BCUT2D eigenvalue weighted by Crippen LogP contribution is 2.29. The van der Waals surface area contributed by atoms with E-state index in [1.165, 1.54) is 0 Å². The third-order valence-corrected chi connectivity index (χ3v) is 4.64. The summed E-state index contributed by atoms with van der Waals surface area (Å²) in [6, 6.07) is 22.8. The monoisotopic (exact) mass is 387 g/mol. The molecule has 1 heterocycles. The number of urea groups is 1. The molecule has 2 amide bonds. The van der Waals surface area contributed by atoms with Crippen molar-refractivity contribution in [2.45, 2.75) is 0 Å². The van der Waals surface area contributed by atoms with Crippen molar-refractivity contribution in [1.29, 1.82) is 0 Å². The number of anilines is 2. The first-order valence-corrected chi connectivity index (χ1v) is 9.14. The molecule has 4 aromatic rings. The predicted molar refractivity (Wildman–Crippen MR) is 116 cm³/mol. The third-order valence-electron chi connectivity index (χ3n) is 4.64. The first-order valence-electron chi connectivity index (χ1n) is 9.14. The Bertz CT molecular complexity index is 1120. The summed E-state index contributed by atoms with van der Waals surface area (Å²) >= 11 is 0. The summed E-state index contributed by atoms with van der Waals surface area (Å²) in [6.07, 6.45) is 0. The zero-order valence-corrected chi connectivity index (χ0v) is 16.2. The van der Waals surface area contributed by atoms with Crippen LogP contribution in [0.2, 0.25) is 0 Å². The summed E-state index contributed by atoms with van der Waals surface area (Å²) < 4.78 is 10.5. The van der Waals surface area contributed by atoms with Crippen molar-refractivity contribution in [2.24, 2.45) is 0 Å². The maximum absolute atomic E-state index is 12.4. The lowest BCUT2D eigenvalue weighted by Gasteiger charge is -2.12. The van der Waals surface area contributed by atoms with Gasteiger partial charge in [-0.25, -0.2) is 4.79 Å². The second-order valence-corrected chi connectivity index (χ2v) is 6.49. The number of rotatable bonds is 5. The molecule has 0 aliphatic carbocycles. The number of carbonyl (C=O) groups excluding carboxylic acids is 1. The lowest BCUT2D eigenvalue weighted by Crippen LogP contribution is -2.19. The van der Waals surface area contributed by atoms with Crippen molar-refractivity contribution in [3.05, 3.63) is 72.8 Å².